The molecule has 1 aromatic carbocycles. The number of carboxylic acids is 1. The molecule has 4 saturated carbocycles. The minimum atomic E-state index is -0.896. The van der Waals surface area contributed by atoms with Crippen molar-refractivity contribution in [2.24, 2.45) is 55.2 Å². The molecule has 0 spiro atoms. The van der Waals surface area contributed by atoms with Gasteiger partial charge in [-0.25, -0.2) is 4.79 Å². The highest BCUT2D eigenvalue weighted by Crippen LogP contribution is 2.82. The number of carboxylic acid groups (broad SMARTS) is 1. The second-order valence-corrected chi connectivity index (χ2v) is 19.3. The summed E-state index contributed by atoms with van der Waals surface area (Å²) in [6.07, 6.45) is 12.9. The Hall–Kier alpha value is -2.32. The van der Waals surface area contributed by atoms with Crippen LogP contribution in [-0.4, -0.2) is 84.4 Å². The predicted molar refractivity (Wildman–Crippen MR) is 213 cm³/mol. The summed E-state index contributed by atoms with van der Waals surface area (Å²) in [5, 5.41) is 32.5. The van der Waals surface area contributed by atoms with Crippen LogP contribution in [0, 0.1) is 50.2 Å². The van der Waals surface area contributed by atoms with Gasteiger partial charge in [0.2, 0.25) is 0 Å². The maximum absolute atomic E-state index is 11.6. The summed E-state index contributed by atoms with van der Waals surface area (Å²) in [6.45, 7) is 30.8. The molecule has 5 aliphatic carbocycles. The third kappa shape index (κ3) is 5.40. The number of allylic oxidation sites excluding steroid dienone is 2. The van der Waals surface area contributed by atoms with Crippen LogP contribution in [0.15, 0.2) is 47.5 Å². The van der Waals surface area contributed by atoms with E-state index in [1.165, 1.54) is 49.7 Å². The van der Waals surface area contributed by atoms with Crippen LogP contribution >= 0.6 is 0 Å². The Morgan fingerprint density at radius 2 is 1.56 bits per heavy atom. The number of hydrogen-bond acceptors (Lipinski definition) is 6. The molecule has 288 valence electrons. The summed E-state index contributed by atoms with van der Waals surface area (Å²) < 4.78 is 0. The van der Waals surface area contributed by atoms with Crippen LogP contribution < -0.4 is 5.32 Å². The number of fused-ring (bicyclic) bond motifs is 7. The van der Waals surface area contributed by atoms with Crippen LogP contribution in [0.5, 0.6) is 0 Å². The van der Waals surface area contributed by atoms with Gasteiger partial charge in [0.05, 0.1) is 24.3 Å². The van der Waals surface area contributed by atoms with Gasteiger partial charge < -0.3 is 20.6 Å². The van der Waals surface area contributed by atoms with Gasteiger partial charge >= 0.3 is 5.97 Å². The monoisotopic (exact) mass is 716 g/mol. The van der Waals surface area contributed by atoms with Crippen molar-refractivity contribution < 1.29 is 20.1 Å². The van der Waals surface area contributed by atoms with E-state index >= 15 is 0 Å². The van der Waals surface area contributed by atoms with Gasteiger partial charge in [-0.3, -0.25) is 9.89 Å². The number of nitrogens with zero attached hydrogens (tertiary/aromatic N) is 2. The molecule has 0 amide bonds. The Morgan fingerprint density at radius 1 is 0.885 bits per heavy atom. The second kappa shape index (κ2) is 13.8. The van der Waals surface area contributed by atoms with E-state index in [4.69, 9.17) is 4.99 Å². The first kappa shape index (κ1) is 39.4. The predicted octanol–water partition coefficient (Wildman–Crippen LogP) is 8.13. The quantitative estimate of drug-likeness (QED) is 0.0935. The van der Waals surface area contributed by atoms with Crippen molar-refractivity contribution in [2.75, 3.05) is 45.9 Å². The summed E-state index contributed by atoms with van der Waals surface area (Å²) in [5.74, 6) is 0.718. The first-order valence-corrected chi connectivity index (χ1v) is 20.3. The van der Waals surface area contributed by atoms with E-state index in [1.807, 2.05) is 12.1 Å². The fraction of sp³-hybridized carbons (Fsp3) is 0.733. The number of rotatable bonds is 13. The minimum Gasteiger partial charge on any atom is -0.478 e. The van der Waals surface area contributed by atoms with Crippen LogP contribution in [0.3, 0.4) is 0 Å². The maximum atomic E-state index is 11.6. The molecule has 7 nitrogen and oxygen atoms in total. The zero-order valence-electron chi connectivity index (χ0n) is 33.5. The van der Waals surface area contributed by atoms with Gasteiger partial charge in [0.15, 0.2) is 0 Å². The Morgan fingerprint density at radius 3 is 2.15 bits per heavy atom. The van der Waals surface area contributed by atoms with Gasteiger partial charge in [0.25, 0.3) is 0 Å². The van der Waals surface area contributed by atoms with Crippen molar-refractivity contribution in [3.05, 3.63) is 53.6 Å². The molecule has 7 heteroatoms. The summed E-state index contributed by atoms with van der Waals surface area (Å²) in [4.78, 5) is 19.0. The number of carbonyl (C=O) groups is 1. The van der Waals surface area contributed by atoms with Crippen molar-refractivity contribution in [3.8, 4) is 0 Å². The number of nitrogens with one attached hydrogen (secondary N) is 1. The third-order valence-corrected chi connectivity index (χ3v) is 17.5. The summed E-state index contributed by atoms with van der Waals surface area (Å²) >= 11 is 0. The SMILES string of the molecule is C=N[C@@]12CC[C@]3(C)[C@H](CCC4(C)[C@H]5[C@H](C(=C)C)CC[C@]5(CNCCN(CCO)CCO)CC[C@]43C)[C@@]1(C)CC=C(c1ccc(C(=O)O)cc1)C2(C)C. The van der Waals surface area contributed by atoms with E-state index in [0.717, 1.165) is 44.5 Å². The number of hydrogen-bond donors (Lipinski definition) is 4. The standard InChI is InChI=1S/C45H69N3O4/c1-31(2)34-14-19-44(30-47-24-25-48(26-28-49)27-29-50)22-21-43(8)40(5)20-23-45(46-9)39(3,4)35(32-10-12-33(13-11-32)38(51)52)15-17-41(45,6)36(40)16-18-42(43,7)37(34)44/h10-13,15,34,36-37,47,49-50H,1,9,14,16-30H2,2-8H3,(H,51,52)/t34-,36-,37+,40+,41+,42?,43-,44+,45+/m0/s1. The lowest BCUT2D eigenvalue weighted by Crippen LogP contribution is -2.73. The molecule has 0 radical (unpaired) electrons. The highest BCUT2D eigenvalue weighted by Gasteiger charge is 2.76. The Kier molecular flexibility index (Phi) is 10.4. The molecule has 5 aliphatic rings. The molecule has 0 heterocycles. The lowest BCUT2D eigenvalue weighted by Gasteiger charge is -2.77. The zero-order valence-corrected chi connectivity index (χ0v) is 33.5. The molecule has 4 fully saturated rings. The molecule has 52 heavy (non-hydrogen) atoms. The number of aliphatic hydroxyl groups is 2. The number of aliphatic imine (C=N–C) groups is 1. The number of aromatic carboxylic acids is 1. The fourth-order valence-corrected chi connectivity index (χ4v) is 14.6. The summed E-state index contributed by atoms with van der Waals surface area (Å²) in [6, 6.07) is 7.44. The smallest absolute Gasteiger partial charge is 0.335 e. The van der Waals surface area contributed by atoms with E-state index in [1.54, 1.807) is 12.1 Å². The molecule has 0 aliphatic heterocycles. The molecule has 4 N–H and O–H groups in total. The van der Waals surface area contributed by atoms with Crippen molar-refractivity contribution in [3.63, 3.8) is 0 Å². The van der Waals surface area contributed by atoms with Crippen molar-refractivity contribution in [1.29, 1.82) is 0 Å². The van der Waals surface area contributed by atoms with Gasteiger partial charge in [-0.1, -0.05) is 71.9 Å². The topological polar surface area (TPSA) is 105 Å². The van der Waals surface area contributed by atoms with Crippen LogP contribution in [0.1, 0.15) is 122 Å². The highest BCUT2D eigenvalue weighted by atomic mass is 16.4. The molecule has 1 unspecified atom stereocenters. The molecule has 0 bridgehead atoms. The fourth-order valence-electron chi connectivity index (χ4n) is 14.6. The van der Waals surface area contributed by atoms with Crippen molar-refractivity contribution >= 4 is 18.3 Å². The molecule has 1 aromatic rings. The van der Waals surface area contributed by atoms with E-state index < -0.39 is 5.97 Å². The highest BCUT2D eigenvalue weighted by molar-refractivity contribution is 5.88. The average Bonchev–Trinajstić information content (AvgIpc) is 3.49. The van der Waals surface area contributed by atoms with Gasteiger partial charge in [0.1, 0.15) is 0 Å². The van der Waals surface area contributed by atoms with Crippen LogP contribution in [0.4, 0.5) is 0 Å². The third-order valence-electron chi connectivity index (χ3n) is 17.5. The average molecular weight is 716 g/mol. The maximum Gasteiger partial charge on any atom is 0.335 e. The van der Waals surface area contributed by atoms with Crippen molar-refractivity contribution in [1.82, 2.24) is 10.2 Å². The van der Waals surface area contributed by atoms with Gasteiger partial charge in [-0.2, -0.15) is 0 Å². The normalized spacial score (nSPS) is 40.6. The number of benzene rings is 1. The van der Waals surface area contributed by atoms with Gasteiger partial charge in [-0.15, -0.1) is 0 Å². The molecular weight excluding hydrogens is 647 g/mol. The van der Waals surface area contributed by atoms with E-state index in [0.29, 0.717) is 36.4 Å². The zero-order chi connectivity index (χ0) is 38.0. The summed E-state index contributed by atoms with van der Waals surface area (Å²) in [7, 11) is 0. The number of aliphatic hydroxyl groups excluding tert-OH is 2. The van der Waals surface area contributed by atoms with E-state index in [9.17, 15) is 20.1 Å². The van der Waals surface area contributed by atoms with E-state index in [-0.39, 0.29) is 51.2 Å². The Bertz CT molecular complexity index is 1560. The molecule has 9 atom stereocenters. The van der Waals surface area contributed by atoms with Crippen LogP contribution in [0.25, 0.3) is 5.57 Å². The second-order valence-electron chi connectivity index (χ2n) is 19.3. The summed E-state index contributed by atoms with van der Waals surface area (Å²) in [5.41, 5.74) is 4.08. The Labute approximate surface area is 314 Å². The molecule has 6 rings (SSSR count). The molecule has 0 aromatic heterocycles. The van der Waals surface area contributed by atoms with Crippen LogP contribution in [0.2, 0.25) is 0 Å². The van der Waals surface area contributed by atoms with E-state index in [2.05, 4.69) is 78.1 Å². The Balaban J connectivity index is 1.33. The largest absolute Gasteiger partial charge is 0.478 e. The first-order valence-electron chi connectivity index (χ1n) is 20.3. The van der Waals surface area contributed by atoms with Crippen molar-refractivity contribution in [2.45, 2.75) is 112 Å². The lowest BCUT2D eigenvalue weighted by molar-refractivity contribution is -0.266. The molecular formula is C45H69N3O4. The minimum absolute atomic E-state index is 0.0609. The lowest BCUT2D eigenvalue weighted by atomic mass is 9.28. The molecule has 0 saturated heterocycles. The van der Waals surface area contributed by atoms with Gasteiger partial charge in [-0.05, 0) is 134 Å². The van der Waals surface area contributed by atoms with Gasteiger partial charge in [0, 0.05) is 43.6 Å². The first-order chi connectivity index (χ1) is 24.5. The van der Waals surface area contributed by atoms with Crippen LogP contribution in [-0.2, 0) is 0 Å².